The summed E-state index contributed by atoms with van der Waals surface area (Å²) in [6.07, 6.45) is 2.42. The van der Waals surface area contributed by atoms with Crippen LogP contribution >= 0.6 is 0 Å². The summed E-state index contributed by atoms with van der Waals surface area (Å²) in [6.45, 7) is 7.34. The highest BCUT2D eigenvalue weighted by molar-refractivity contribution is 5.78. The Morgan fingerprint density at radius 1 is 0.976 bits per heavy atom. The lowest BCUT2D eigenvalue weighted by Gasteiger charge is -2.34. The molecule has 0 atom stereocenters. The van der Waals surface area contributed by atoms with E-state index < -0.39 is 11.6 Å². The molecule has 3 aliphatic heterocycles. The fraction of sp³-hybridized carbons (Fsp3) is 0.400. The number of aromatic nitrogens is 2. The Morgan fingerprint density at radius 2 is 1.71 bits per heavy atom. The second-order valence-corrected chi connectivity index (χ2v) is 11.0. The van der Waals surface area contributed by atoms with Crippen molar-refractivity contribution in [3.8, 4) is 0 Å². The molecule has 2 aromatic carbocycles. The van der Waals surface area contributed by atoms with Crippen LogP contribution in [0.4, 0.5) is 31.9 Å². The van der Waals surface area contributed by atoms with E-state index in [1.165, 1.54) is 17.7 Å². The highest BCUT2D eigenvalue weighted by atomic mass is 19.1. The number of rotatable bonds is 7. The van der Waals surface area contributed by atoms with Crippen LogP contribution in [0.5, 0.6) is 0 Å². The lowest BCUT2D eigenvalue weighted by Crippen LogP contribution is -2.47. The average Bonchev–Trinajstić information content (AvgIpc) is 3.40. The summed E-state index contributed by atoms with van der Waals surface area (Å²) in [5, 5.41) is 5.96. The second kappa shape index (κ2) is 12.0. The molecule has 2 fully saturated rings. The molecule has 3 aromatic rings. The van der Waals surface area contributed by atoms with Crippen molar-refractivity contribution in [1.82, 2.24) is 30.0 Å². The Morgan fingerprint density at radius 3 is 2.40 bits per heavy atom. The third-order valence-electron chi connectivity index (χ3n) is 8.07. The maximum atomic E-state index is 15.1. The van der Waals surface area contributed by atoms with Crippen molar-refractivity contribution in [3.05, 3.63) is 70.9 Å². The van der Waals surface area contributed by atoms with Gasteiger partial charge >= 0.3 is 0 Å². The van der Waals surface area contributed by atoms with E-state index in [1.54, 1.807) is 22.9 Å². The second-order valence-electron chi connectivity index (χ2n) is 11.0. The molecule has 3 aliphatic rings. The lowest BCUT2D eigenvalue weighted by molar-refractivity contribution is -0.130. The van der Waals surface area contributed by atoms with Crippen LogP contribution < -0.4 is 15.5 Å². The van der Waals surface area contributed by atoms with Gasteiger partial charge in [-0.05, 0) is 36.2 Å². The molecule has 2 amide bonds. The summed E-state index contributed by atoms with van der Waals surface area (Å²) < 4.78 is 30.3. The van der Waals surface area contributed by atoms with Crippen LogP contribution in [0.2, 0.25) is 0 Å². The van der Waals surface area contributed by atoms with Crippen LogP contribution in [-0.2, 0) is 29.1 Å². The van der Waals surface area contributed by atoms with Gasteiger partial charge in [-0.2, -0.15) is 4.98 Å². The van der Waals surface area contributed by atoms with Gasteiger partial charge in [-0.15, -0.1) is 0 Å². The number of benzene rings is 2. The summed E-state index contributed by atoms with van der Waals surface area (Å²) in [4.78, 5) is 40.1. The van der Waals surface area contributed by atoms with Crippen molar-refractivity contribution in [2.24, 2.45) is 0 Å². The predicted molar refractivity (Wildman–Crippen MR) is 155 cm³/mol. The monoisotopic (exact) mass is 576 g/mol. The van der Waals surface area contributed by atoms with Crippen molar-refractivity contribution in [1.29, 1.82) is 0 Å². The molecule has 10 nitrogen and oxygen atoms in total. The zero-order valence-corrected chi connectivity index (χ0v) is 23.6. The van der Waals surface area contributed by atoms with E-state index in [2.05, 4.69) is 32.7 Å². The SMILES string of the molecule is CC(=O)N1CCN(Cc2ccc(Nc3ncc4c(n3)N(c3cc(F)c(CN5CCNC(=O)C5)c(F)c3)CC4)cc2)CC1. The summed E-state index contributed by atoms with van der Waals surface area (Å²) in [6, 6.07) is 10.7. The molecular weight excluding hydrogens is 542 g/mol. The number of nitrogens with one attached hydrogen (secondary N) is 2. The van der Waals surface area contributed by atoms with Crippen molar-refractivity contribution >= 4 is 35.0 Å². The van der Waals surface area contributed by atoms with Gasteiger partial charge in [0.1, 0.15) is 17.5 Å². The first-order chi connectivity index (χ1) is 20.3. The molecule has 0 bridgehead atoms. The smallest absolute Gasteiger partial charge is 0.234 e. The first-order valence-electron chi connectivity index (χ1n) is 14.3. The number of anilines is 4. The van der Waals surface area contributed by atoms with E-state index in [0.29, 0.717) is 43.5 Å². The zero-order chi connectivity index (χ0) is 29.2. The molecule has 2 N–H and O–H groups in total. The molecule has 1 aromatic heterocycles. The summed E-state index contributed by atoms with van der Waals surface area (Å²) in [5.74, 6) is -0.286. The topological polar surface area (TPSA) is 96.9 Å². The number of fused-ring (bicyclic) bond motifs is 1. The first-order valence-corrected chi connectivity index (χ1v) is 14.3. The summed E-state index contributed by atoms with van der Waals surface area (Å²) in [5.41, 5.74) is 3.26. The lowest BCUT2D eigenvalue weighted by atomic mass is 10.1. The van der Waals surface area contributed by atoms with E-state index in [9.17, 15) is 9.59 Å². The zero-order valence-electron chi connectivity index (χ0n) is 23.6. The molecule has 220 valence electrons. The van der Waals surface area contributed by atoms with Crippen LogP contribution in [0.15, 0.2) is 42.6 Å². The fourth-order valence-corrected chi connectivity index (χ4v) is 5.71. The van der Waals surface area contributed by atoms with E-state index in [-0.39, 0.29) is 30.5 Å². The number of piperazine rings is 2. The number of hydrogen-bond acceptors (Lipinski definition) is 8. The standard InChI is InChI=1S/C30H34F2N8O2/c1-20(41)39-12-10-37(11-13-39)17-21-2-4-23(5-3-21)35-30-34-16-22-6-8-40(29(22)36-30)24-14-26(31)25(27(32)15-24)18-38-9-7-33-28(42)19-38/h2-5,14-16H,6-13,17-19H2,1H3,(H,33,42)(H,34,35,36). The Balaban J connectivity index is 1.11. The molecule has 0 unspecified atom stereocenters. The van der Waals surface area contributed by atoms with E-state index in [4.69, 9.17) is 4.98 Å². The molecular formula is C30H34F2N8O2. The van der Waals surface area contributed by atoms with Crippen LogP contribution in [0, 0.1) is 11.6 Å². The normalized spacial score (nSPS) is 17.7. The molecule has 42 heavy (non-hydrogen) atoms. The molecule has 0 spiro atoms. The van der Waals surface area contributed by atoms with Crippen molar-refractivity contribution in [3.63, 3.8) is 0 Å². The van der Waals surface area contributed by atoms with Gasteiger partial charge in [0.15, 0.2) is 0 Å². The number of hydrogen-bond donors (Lipinski definition) is 2. The quantitative estimate of drug-likeness (QED) is 0.444. The number of amides is 2. The van der Waals surface area contributed by atoms with Gasteiger partial charge in [-0.1, -0.05) is 12.1 Å². The fourth-order valence-electron chi connectivity index (χ4n) is 5.71. The highest BCUT2D eigenvalue weighted by Gasteiger charge is 2.26. The minimum absolute atomic E-state index is 0.0352. The number of carbonyl (C=O) groups is 2. The molecule has 2 saturated heterocycles. The van der Waals surface area contributed by atoms with Crippen molar-refractivity contribution in [2.45, 2.75) is 26.4 Å². The van der Waals surface area contributed by atoms with Crippen LogP contribution in [-0.4, -0.2) is 88.8 Å². The van der Waals surface area contributed by atoms with Gasteiger partial charge < -0.3 is 20.4 Å². The first kappa shape index (κ1) is 28.0. The van der Waals surface area contributed by atoms with Gasteiger partial charge in [0, 0.05) is 94.5 Å². The Labute approximate surface area is 243 Å². The van der Waals surface area contributed by atoms with Gasteiger partial charge in [-0.25, -0.2) is 13.8 Å². The van der Waals surface area contributed by atoms with Crippen molar-refractivity contribution in [2.75, 3.05) is 62.6 Å². The van der Waals surface area contributed by atoms with Crippen LogP contribution in [0.1, 0.15) is 23.6 Å². The van der Waals surface area contributed by atoms with Gasteiger partial charge in [0.2, 0.25) is 17.8 Å². The summed E-state index contributed by atoms with van der Waals surface area (Å²) in [7, 11) is 0. The van der Waals surface area contributed by atoms with E-state index in [0.717, 1.165) is 44.0 Å². The van der Waals surface area contributed by atoms with Gasteiger partial charge in [-0.3, -0.25) is 19.4 Å². The molecule has 6 rings (SSSR count). The number of nitrogens with zero attached hydrogens (tertiary/aromatic N) is 6. The maximum Gasteiger partial charge on any atom is 0.234 e. The third kappa shape index (κ3) is 6.19. The molecule has 4 heterocycles. The minimum atomic E-state index is -0.641. The number of halogens is 2. The van der Waals surface area contributed by atoms with Gasteiger partial charge in [0.25, 0.3) is 0 Å². The largest absolute Gasteiger partial charge is 0.354 e. The average molecular weight is 577 g/mol. The van der Waals surface area contributed by atoms with Crippen LogP contribution in [0.3, 0.4) is 0 Å². The molecule has 0 radical (unpaired) electrons. The molecule has 12 heteroatoms. The summed E-state index contributed by atoms with van der Waals surface area (Å²) >= 11 is 0. The van der Waals surface area contributed by atoms with Crippen LogP contribution in [0.25, 0.3) is 0 Å². The number of carbonyl (C=O) groups excluding carboxylic acids is 2. The van der Waals surface area contributed by atoms with E-state index in [1.807, 2.05) is 17.0 Å². The van der Waals surface area contributed by atoms with Gasteiger partial charge in [0.05, 0.1) is 6.54 Å². The highest BCUT2D eigenvalue weighted by Crippen LogP contribution is 2.35. The Kier molecular flexibility index (Phi) is 7.98. The predicted octanol–water partition coefficient (Wildman–Crippen LogP) is 2.79. The molecule has 0 saturated carbocycles. The maximum absolute atomic E-state index is 15.1. The Hall–Kier alpha value is -4.16. The Bertz CT molecular complexity index is 1450. The van der Waals surface area contributed by atoms with E-state index >= 15 is 8.78 Å². The minimum Gasteiger partial charge on any atom is -0.354 e. The third-order valence-corrected chi connectivity index (χ3v) is 8.07. The van der Waals surface area contributed by atoms with Crippen molar-refractivity contribution < 1.29 is 18.4 Å². The molecule has 0 aliphatic carbocycles.